The van der Waals surface area contributed by atoms with Gasteiger partial charge in [-0.15, -0.1) is 0 Å². The van der Waals surface area contributed by atoms with E-state index < -0.39 is 17.6 Å². The number of fused-ring (bicyclic) bond motifs is 3. The summed E-state index contributed by atoms with van der Waals surface area (Å²) in [6.45, 7) is 4.47. The van der Waals surface area contributed by atoms with Crippen LogP contribution in [0.5, 0.6) is 5.75 Å². The SMILES string of the molecule is COc1ccc2nc(N3CC4(CCS4)C3)sc2c1C(=O)NC1C2CCC(C2)C1C.O=CNc1ccc(F)c(C(F)(F)F)c1. The van der Waals surface area contributed by atoms with Crippen LogP contribution in [0.2, 0.25) is 0 Å². The van der Waals surface area contributed by atoms with E-state index in [0.29, 0.717) is 46.1 Å². The van der Waals surface area contributed by atoms with E-state index in [4.69, 9.17) is 9.72 Å². The number of carbonyl (C=O) groups is 2. The van der Waals surface area contributed by atoms with Gasteiger partial charge < -0.3 is 20.3 Å². The van der Waals surface area contributed by atoms with Gasteiger partial charge in [-0.05, 0) is 79.5 Å². The molecule has 2 amide bonds. The van der Waals surface area contributed by atoms with Crippen LogP contribution in [0.15, 0.2) is 30.3 Å². The van der Waals surface area contributed by atoms with Crippen LogP contribution in [-0.2, 0) is 11.0 Å². The van der Waals surface area contributed by atoms with Crippen LogP contribution in [-0.4, -0.2) is 54.0 Å². The number of rotatable bonds is 6. The first kappa shape index (κ1) is 30.0. The highest BCUT2D eigenvalue weighted by Gasteiger charge is 2.49. The van der Waals surface area contributed by atoms with E-state index in [1.807, 2.05) is 17.4 Å². The van der Waals surface area contributed by atoms with E-state index in [1.165, 1.54) is 31.4 Å². The maximum absolute atomic E-state index is 13.4. The number of aromatic nitrogens is 1. The number of benzene rings is 2. The zero-order chi connectivity index (χ0) is 30.5. The third-order valence-corrected chi connectivity index (χ3v) is 11.9. The highest BCUT2D eigenvalue weighted by Crippen LogP contribution is 2.51. The average molecular weight is 637 g/mol. The fourth-order valence-electron chi connectivity index (χ4n) is 6.86. The Hall–Kier alpha value is -3.06. The van der Waals surface area contributed by atoms with Crippen molar-refractivity contribution >= 4 is 56.5 Å². The van der Waals surface area contributed by atoms with Gasteiger partial charge in [-0.25, -0.2) is 9.37 Å². The molecular weight excluding hydrogens is 604 g/mol. The topological polar surface area (TPSA) is 83.6 Å². The molecule has 3 aromatic rings. The molecule has 2 saturated heterocycles. The molecular formula is C30H32F4N4O3S2. The maximum atomic E-state index is 13.4. The number of halogens is 4. The maximum Gasteiger partial charge on any atom is 0.419 e. The third-order valence-electron chi connectivity index (χ3n) is 9.28. The first-order valence-corrected chi connectivity index (χ1v) is 16.1. The lowest BCUT2D eigenvalue weighted by molar-refractivity contribution is -0.140. The molecule has 43 heavy (non-hydrogen) atoms. The zero-order valence-corrected chi connectivity index (χ0v) is 25.3. The molecule has 3 heterocycles. The number of ether oxygens (including phenoxy) is 1. The van der Waals surface area contributed by atoms with Gasteiger partial charge in [-0.3, -0.25) is 9.59 Å². The summed E-state index contributed by atoms with van der Waals surface area (Å²) < 4.78 is 56.0. The summed E-state index contributed by atoms with van der Waals surface area (Å²) in [6, 6.07) is 6.39. The summed E-state index contributed by atoms with van der Waals surface area (Å²) in [4.78, 5) is 30.6. The predicted molar refractivity (Wildman–Crippen MR) is 161 cm³/mol. The molecule has 4 aliphatic rings. The number of hydrogen-bond acceptors (Lipinski definition) is 7. The summed E-state index contributed by atoms with van der Waals surface area (Å²) in [5, 5.41) is 6.42. The summed E-state index contributed by atoms with van der Waals surface area (Å²) in [5.74, 6) is 2.55. The van der Waals surface area contributed by atoms with Crippen molar-refractivity contribution < 1.29 is 31.9 Å². The summed E-state index contributed by atoms with van der Waals surface area (Å²) in [7, 11) is 1.65. The fourth-order valence-corrected chi connectivity index (χ4v) is 9.23. The van der Waals surface area contributed by atoms with Crippen molar-refractivity contribution in [2.24, 2.45) is 17.8 Å². The van der Waals surface area contributed by atoms with Crippen LogP contribution >= 0.6 is 23.1 Å². The molecule has 1 spiro atoms. The molecule has 2 aliphatic carbocycles. The molecule has 1 aromatic heterocycles. The molecule has 2 bridgehead atoms. The van der Waals surface area contributed by atoms with Crippen LogP contribution in [0, 0.1) is 23.6 Å². The molecule has 4 fully saturated rings. The molecule has 2 aliphatic heterocycles. The van der Waals surface area contributed by atoms with E-state index in [9.17, 15) is 27.2 Å². The van der Waals surface area contributed by atoms with Gasteiger partial charge in [0.25, 0.3) is 5.91 Å². The van der Waals surface area contributed by atoms with E-state index in [1.54, 1.807) is 18.4 Å². The Morgan fingerprint density at radius 1 is 1.19 bits per heavy atom. The number of anilines is 2. The molecule has 230 valence electrons. The second-order valence-corrected chi connectivity index (χ2v) is 14.3. The minimum Gasteiger partial charge on any atom is -0.496 e. The molecule has 2 aromatic carbocycles. The van der Waals surface area contributed by atoms with Crippen LogP contribution in [0.1, 0.15) is 48.5 Å². The van der Waals surface area contributed by atoms with Gasteiger partial charge in [-0.2, -0.15) is 24.9 Å². The molecule has 2 saturated carbocycles. The number of thiazole rings is 1. The molecule has 0 radical (unpaired) electrons. The normalized spacial score (nSPS) is 25.0. The van der Waals surface area contributed by atoms with Crippen LogP contribution < -0.4 is 20.3 Å². The van der Waals surface area contributed by atoms with E-state index >= 15 is 0 Å². The number of alkyl halides is 3. The second-order valence-electron chi connectivity index (χ2n) is 11.8. The monoisotopic (exact) mass is 636 g/mol. The Morgan fingerprint density at radius 3 is 2.53 bits per heavy atom. The molecule has 7 nitrogen and oxygen atoms in total. The van der Waals surface area contributed by atoms with Gasteiger partial charge >= 0.3 is 6.18 Å². The Labute approximate surface area is 254 Å². The summed E-state index contributed by atoms with van der Waals surface area (Å²) in [6.07, 6.45) is 0.624. The second kappa shape index (κ2) is 11.5. The molecule has 13 heteroatoms. The Kier molecular flexibility index (Phi) is 7.99. The lowest BCUT2D eigenvalue weighted by Gasteiger charge is -2.55. The minimum absolute atomic E-state index is 0.00155. The Morgan fingerprint density at radius 2 is 1.93 bits per heavy atom. The number of methoxy groups -OCH3 is 1. The standard InChI is InChI=1S/C22H27N3O2S2.C8H5F4NO/c1-12-13-3-4-14(9-13)18(12)24-20(26)17-16(27-2)6-5-15-19(17)29-21(23-15)25-10-22(11-25)7-8-28-22;9-7-2-1-5(13-4-14)3-6(7)8(10,11)12/h5-6,12-14,18H,3-4,7-11H2,1-2H3,(H,24,26);1-4H,(H,13,14). The van der Waals surface area contributed by atoms with Crippen LogP contribution in [0.25, 0.3) is 10.2 Å². The van der Waals surface area contributed by atoms with Crippen molar-refractivity contribution in [3.8, 4) is 5.75 Å². The van der Waals surface area contributed by atoms with Gasteiger partial charge in [0.2, 0.25) is 6.41 Å². The van der Waals surface area contributed by atoms with Crippen LogP contribution in [0.4, 0.5) is 28.4 Å². The minimum atomic E-state index is -4.76. The van der Waals surface area contributed by atoms with Gasteiger partial charge in [-0.1, -0.05) is 18.3 Å². The molecule has 4 unspecified atom stereocenters. The largest absolute Gasteiger partial charge is 0.496 e. The summed E-state index contributed by atoms with van der Waals surface area (Å²) >= 11 is 3.73. The fraction of sp³-hybridized carbons (Fsp3) is 0.500. The highest BCUT2D eigenvalue weighted by atomic mass is 32.2. The van der Waals surface area contributed by atoms with Gasteiger partial charge in [0.15, 0.2) is 5.13 Å². The lowest BCUT2D eigenvalue weighted by atomic mass is 9.86. The third kappa shape index (κ3) is 5.65. The number of carbonyl (C=O) groups excluding carboxylic acids is 2. The quantitative estimate of drug-likeness (QED) is 0.235. The first-order valence-electron chi connectivity index (χ1n) is 14.3. The van der Waals surface area contributed by atoms with Gasteiger partial charge in [0, 0.05) is 24.8 Å². The molecule has 4 atom stereocenters. The number of nitrogens with zero attached hydrogens (tertiary/aromatic N) is 2. The molecule has 2 N–H and O–H groups in total. The van der Waals surface area contributed by atoms with Crippen molar-refractivity contribution in [1.29, 1.82) is 0 Å². The smallest absolute Gasteiger partial charge is 0.419 e. The van der Waals surface area contributed by atoms with Crippen molar-refractivity contribution in [2.45, 2.75) is 49.6 Å². The Balaban J connectivity index is 0.000000200. The molecule has 7 rings (SSSR count). The van der Waals surface area contributed by atoms with E-state index in [2.05, 4.69) is 28.9 Å². The zero-order valence-electron chi connectivity index (χ0n) is 23.7. The Bertz CT molecular complexity index is 1530. The highest BCUT2D eigenvalue weighted by molar-refractivity contribution is 8.02. The number of nitrogens with one attached hydrogen (secondary N) is 2. The number of thioether (sulfide) groups is 1. The van der Waals surface area contributed by atoms with Crippen molar-refractivity contribution in [3.63, 3.8) is 0 Å². The average Bonchev–Trinajstić information content (AvgIpc) is 3.63. The van der Waals surface area contributed by atoms with Crippen molar-refractivity contribution in [2.75, 3.05) is 36.2 Å². The predicted octanol–water partition coefficient (Wildman–Crippen LogP) is 6.58. The van der Waals surface area contributed by atoms with Gasteiger partial charge in [0.05, 0.1) is 27.6 Å². The summed E-state index contributed by atoms with van der Waals surface area (Å²) in [5.41, 5.74) is 0.0641. The van der Waals surface area contributed by atoms with Crippen molar-refractivity contribution in [1.82, 2.24) is 10.3 Å². The van der Waals surface area contributed by atoms with E-state index in [0.717, 1.165) is 40.4 Å². The first-order chi connectivity index (χ1) is 20.5. The number of hydrogen-bond donors (Lipinski definition) is 2. The van der Waals surface area contributed by atoms with Crippen molar-refractivity contribution in [3.05, 3.63) is 47.3 Å². The van der Waals surface area contributed by atoms with Gasteiger partial charge in [0.1, 0.15) is 17.1 Å². The van der Waals surface area contributed by atoms with E-state index in [-0.39, 0.29) is 18.0 Å². The number of amides is 2. The van der Waals surface area contributed by atoms with Crippen LogP contribution in [0.3, 0.4) is 0 Å². The lowest BCUT2D eigenvalue weighted by Crippen LogP contribution is -2.63.